The first-order chi connectivity index (χ1) is 18.3. The lowest BCUT2D eigenvalue weighted by atomic mass is 10.0. The summed E-state index contributed by atoms with van der Waals surface area (Å²) in [6, 6.07) is 15.8. The van der Waals surface area contributed by atoms with Crippen LogP contribution in [0.5, 0.6) is 0 Å². The van der Waals surface area contributed by atoms with Crippen LogP contribution in [-0.4, -0.2) is 50.4 Å². The molecule has 0 spiro atoms. The zero-order valence-electron chi connectivity index (χ0n) is 22.2. The molecule has 2 rings (SSSR count). The van der Waals surface area contributed by atoms with Crippen molar-refractivity contribution in [2.75, 3.05) is 20.3 Å². The first-order valence-corrected chi connectivity index (χ1v) is 12.6. The van der Waals surface area contributed by atoms with Crippen molar-refractivity contribution in [2.24, 2.45) is 5.92 Å². The third kappa shape index (κ3) is 12.2. The van der Waals surface area contributed by atoms with Crippen molar-refractivity contribution < 1.29 is 33.4 Å². The van der Waals surface area contributed by atoms with Gasteiger partial charge in [-0.15, -0.1) is 0 Å². The smallest absolute Gasteiger partial charge is 0.407 e. The number of carbonyl (C=O) groups is 4. The molecule has 0 aliphatic carbocycles. The van der Waals surface area contributed by atoms with Gasteiger partial charge in [-0.3, -0.25) is 4.79 Å². The SMILES string of the molecule is COC(=O)C(Cc1cccc(CNC(=O)OCC(C)C)c1)NC(=O)CCCNC(=O)OCc1ccccc1. The van der Waals surface area contributed by atoms with Gasteiger partial charge in [0.25, 0.3) is 0 Å². The molecular formula is C28H37N3O7. The number of rotatable bonds is 14. The second-order valence-electron chi connectivity index (χ2n) is 9.11. The van der Waals surface area contributed by atoms with Crippen molar-refractivity contribution in [2.45, 2.75) is 52.3 Å². The van der Waals surface area contributed by atoms with Gasteiger partial charge in [-0.1, -0.05) is 68.4 Å². The zero-order valence-corrected chi connectivity index (χ0v) is 22.2. The summed E-state index contributed by atoms with van der Waals surface area (Å²) in [6.45, 7) is 4.91. The summed E-state index contributed by atoms with van der Waals surface area (Å²) in [5, 5.41) is 8.00. The van der Waals surface area contributed by atoms with Crippen LogP contribution in [0.4, 0.5) is 9.59 Å². The molecule has 10 heteroatoms. The standard InChI is InChI=1S/C28H37N3O7/c1-20(2)18-37-28(35)30-17-23-12-7-11-22(15-23)16-24(26(33)36-3)31-25(32)13-8-14-29-27(34)38-19-21-9-5-4-6-10-21/h4-7,9-12,15,20,24H,8,13-14,16-19H2,1-3H3,(H,29,34)(H,30,35)(H,31,32). The van der Waals surface area contributed by atoms with E-state index in [1.807, 2.05) is 68.4 Å². The number of esters is 1. The monoisotopic (exact) mass is 527 g/mol. The predicted octanol–water partition coefficient (Wildman–Crippen LogP) is 3.48. The number of nitrogens with one attached hydrogen (secondary N) is 3. The van der Waals surface area contributed by atoms with E-state index in [0.29, 0.717) is 13.0 Å². The second kappa shape index (κ2) is 16.6. The van der Waals surface area contributed by atoms with E-state index < -0.39 is 24.2 Å². The van der Waals surface area contributed by atoms with Crippen LogP contribution in [0.2, 0.25) is 0 Å². The highest BCUT2D eigenvalue weighted by molar-refractivity contribution is 5.84. The van der Waals surface area contributed by atoms with E-state index >= 15 is 0 Å². The molecule has 38 heavy (non-hydrogen) atoms. The van der Waals surface area contributed by atoms with Gasteiger partial charge in [-0.25, -0.2) is 14.4 Å². The summed E-state index contributed by atoms with van der Waals surface area (Å²) >= 11 is 0. The van der Waals surface area contributed by atoms with Gasteiger partial charge in [0.05, 0.1) is 13.7 Å². The van der Waals surface area contributed by atoms with Crippen LogP contribution >= 0.6 is 0 Å². The fourth-order valence-corrected chi connectivity index (χ4v) is 3.39. The Bertz CT molecular complexity index is 1040. The molecule has 0 aliphatic heterocycles. The molecular weight excluding hydrogens is 490 g/mol. The molecule has 2 aromatic rings. The molecule has 0 saturated carbocycles. The van der Waals surface area contributed by atoms with Crippen LogP contribution in [0.15, 0.2) is 54.6 Å². The third-order valence-electron chi connectivity index (χ3n) is 5.30. The number of ether oxygens (including phenoxy) is 3. The molecule has 0 aromatic heterocycles. The highest BCUT2D eigenvalue weighted by Crippen LogP contribution is 2.10. The largest absolute Gasteiger partial charge is 0.467 e. The van der Waals surface area contributed by atoms with Crippen LogP contribution in [-0.2, 0) is 43.4 Å². The number of alkyl carbamates (subject to hydrolysis) is 2. The average Bonchev–Trinajstić information content (AvgIpc) is 2.92. The van der Waals surface area contributed by atoms with E-state index in [1.54, 1.807) is 0 Å². The molecule has 0 fully saturated rings. The van der Waals surface area contributed by atoms with Gasteiger partial charge in [0, 0.05) is 25.9 Å². The van der Waals surface area contributed by atoms with Crippen molar-refractivity contribution in [1.82, 2.24) is 16.0 Å². The average molecular weight is 528 g/mol. The number of hydrogen-bond acceptors (Lipinski definition) is 7. The first kappa shape index (κ1) is 30.1. The van der Waals surface area contributed by atoms with E-state index in [0.717, 1.165) is 16.7 Å². The van der Waals surface area contributed by atoms with Gasteiger partial charge in [-0.05, 0) is 29.0 Å². The Morgan fingerprint density at radius 1 is 0.842 bits per heavy atom. The van der Waals surface area contributed by atoms with Crippen LogP contribution in [0.3, 0.4) is 0 Å². The Hall–Kier alpha value is -4.08. The lowest BCUT2D eigenvalue weighted by molar-refractivity contribution is -0.145. The molecule has 0 radical (unpaired) electrons. The van der Waals surface area contributed by atoms with Crippen LogP contribution < -0.4 is 16.0 Å². The highest BCUT2D eigenvalue weighted by atomic mass is 16.6. The number of amides is 3. The molecule has 206 valence electrons. The van der Waals surface area contributed by atoms with Crippen molar-refractivity contribution in [3.63, 3.8) is 0 Å². The molecule has 3 amide bonds. The molecule has 3 N–H and O–H groups in total. The molecule has 1 atom stereocenters. The molecule has 10 nitrogen and oxygen atoms in total. The minimum atomic E-state index is -0.879. The summed E-state index contributed by atoms with van der Waals surface area (Å²) in [7, 11) is 1.26. The van der Waals surface area contributed by atoms with Gasteiger partial charge < -0.3 is 30.2 Å². The maximum Gasteiger partial charge on any atom is 0.407 e. The quantitative estimate of drug-likeness (QED) is 0.195. The fourth-order valence-electron chi connectivity index (χ4n) is 3.39. The van der Waals surface area contributed by atoms with Crippen molar-refractivity contribution in [1.29, 1.82) is 0 Å². The maximum atomic E-state index is 12.4. The lowest BCUT2D eigenvalue weighted by Gasteiger charge is -2.17. The molecule has 0 saturated heterocycles. The summed E-state index contributed by atoms with van der Waals surface area (Å²) < 4.78 is 15.1. The van der Waals surface area contributed by atoms with Gasteiger partial charge in [0.2, 0.25) is 5.91 Å². The normalized spacial score (nSPS) is 11.3. The second-order valence-corrected chi connectivity index (χ2v) is 9.11. The maximum absolute atomic E-state index is 12.4. The minimum absolute atomic E-state index is 0.106. The third-order valence-corrected chi connectivity index (χ3v) is 5.30. The van der Waals surface area contributed by atoms with Crippen molar-refractivity contribution in [3.05, 3.63) is 71.3 Å². The minimum Gasteiger partial charge on any atom is -0.467 e. The van der Waals surface area contributed by atoms with Gasteiger partial charge in [-0.2, -0.15) is 0 Å². The number of carbonyl (C=O) groups excluding carboxylic acids is 4. The Labute approximate surface area is 223 Å². The van der Waals surface area contributed by atoms with Gasteiger partial charge in [0.1, 0.15) is 12.6 Å². The van der Waals surface area contributed by atoms with Crippen molar-refractivity contribution >= 4 is 24.1 Å². The Morgan fingerprint density at radius 3 is 2.24 bits per heavy atom. The lowest BCUT2D eigenvalue weighted by Crippen LogP contribution is -2.43. The number of hydrogen-bond donors (Lipinski definition) is 3. The highest BCUT2D eigenvalue weighted by Gasteiger charge is 2.22. The fraction of sp³-hybridized carbons (Fsp3) is 0.429. The topological polar surface area (TPSA) is 132 Å². The summed E-state index contributed by atoms with van der Waals surface area (Å²) in [5.74, 6) is -0.667. The summed E-state index contributed by atoms with van der Waals surface area (Å²) in [5.41, 5.74) is 2.49. The molecule has 2 aromatic carbocycles. The van der Waals surface area contributed by atoms with Gasteiger partial charge >= 0.3 is 18.2 Å². The van der Waals surface area contributed by atoms with E-state index in [9.17, 15) is 19.2 Å². The van der Waals surface area contributed by atoms with E-state index in [-0.39, 0.29) is 44.4 Å². The molecule has 1 unspecified atom stereocenters. The van der Waals surface area contributed by atoms with Crippen LogP contribution in [0.1, 0.15) is 43.4 Å². The van der Waals surface area contributed by atoms with Crippen LogP contribution in [0.25, 0.3) is 0 Å². The molecule has 0 heterocycles. The number of methoxy groups -OCH3 is 1. The Morgan fingerprint density at radius 2 is 1.53 bits per heavy atom. The van der Waals surface area contributed by atoms with E-state index in [1.165, 1.54) is 7.11 Å². The van der Waals surface area contributed by atoms with Gasteiger partial charge in [0.15, 0.2) is 0 Å². The molecule has 0 aliphatic rings. The van der Waals surface area contributed by atoms with Crippen molar-refractivity contribution in [3.8, 4) is 0 Å². The first-order valence-electron chi connectivity index (χ1n) is 12.6. The predicted molar refractivity (Wildman–Crippen MR) is 141 cm³/mol. The summed E-state index contributed by atoms with van der Waals surface area (Å²) in [6.07, 6.45) is -0.371. The Kier molecular flexibility index (Phi) is 13.2. The van der Waals surface area contributed by atoms with Crippen LogP contribution in [0, 0.1) is 5.92 Å². The number of benzene rings is 2. The zero-order chi connectivity index (χ0) is 27.8. The van der Waals surface area contributed by atoms with E-state index in [2.05, 4.69) is 16.0 Å². The molecule has 0 bridgehead atoms. The summed E-state index contributed by atoms with van der Waals surface area (Å²) in [4.78, 5) is 48.4. The Balaban J connectivity index is 1.77. The van der Waals surface area contributed by atoms with E-state index in [4.69, 9.17) is 14.2 Å².